The van der Waals surface area contributed by atoms with E-state index >= 15 is 0 Å². The zero-order valence-corrected chi connectivity index (χ0v) is 16.4. The molecule has 0 aliphatic heterocycles. The van der Waals surface area contributed by atoms with Gasteiger partial charge in [0.15, 0.2) is 0 Å². The molecule has 0 fully saturated rings. The molecule has 0 spiro atoms. The zero-order chi connectivity index (χ0) is 19.8. The Hall–Kier alpha value is -3.02. The summed E-state index contributed by atoms with van der Waals surface area (Å²) in [6, 6.07) is 14.6. The lowest BCUT2D eigenvalue weighted by atomic mass is 10.1. The molecule has 2 aromatic rings. The lowest BCUT2D eigenvalue weighted by molar-refractivity contribution is -0.116. The Morgan fingerprint density at radius 2 is 1.81 bits per heavy atom. The normalized spacial score (nSPS) is 10.2. The maximum atomic E-state index is 12.9. The number of carbonyl (C=O) groups excluding carboxylic acids is 2. The third-order valence-corrected chi connectivity index (χ3v) is 4.11. The quantitative estimate of drug-likeness (QED) is 0.776. The molecule has 2 amide bonds. The van der Waals surface area contributed by atoms with Crippen LogP contribution in [-0.2, 0) is 4.79 Å². The molecule has 0 aliphatic carbocycles. The molecule has 0 bridgehead atoms. The number of nitrogens with one attached hydrogen (secondary N) is 1. The monoisotopic (exact) mass is 369 g/mol. The van der Waals surface area contributed by atoms with Crippen LogP contribution in [0.1, 0.15) is 23.7 Å². The van der Waals surface area contributed by atoms with Gasteiger partial charge in [0, 0.05) is 31.9 Å². The number of carbonyl (C=O) groups is 2. The van der Waals surface area contributed by atoms with Crippen LogP contribution in [0.4, 0.5) is 11.4 Å². The van der Waals surface area contributed by atoms with Crippen molar-refractivity contribution in [3.05, 3.63) is 54.1 Å². The first kappa shape index (κ1) is 20.3. The number of anilines is 2. The first-order chi connectivity index (χ1) is 13.0. The topological polar surface area (TPSA) is 61.9 Å². The number of rotatable bonds is 8. The van der Waals surface area contributed by atoms with Crippen molar-refractivity contribution >= 4 is 23.2 Å². The van der Waals surface area contributed by atoms with E-state index in [2.05, 4.69) is 5.32 Å². The van der Waals surface area contributed by atoms with Gasteiger partial charge >= 0.3 is 0 Å². The molecule has 0 heterocycles. The van der Waals surface area contributed by atoms with Crippen molar-refractivity contribution in [2.24, 2.45) is 0 Å². The SMILES string of the molecule is CCCN(CC(=O)Nc1ccccc1OC)C(=O)c1cccc(N(C)C)c1. The third kappa shape index (κ3) is 5.48. The number of para-hydroxylation sites is 2. The van der Waals surface area contributed by atoms with E-state index in [1.807, 2.05) is 56.3 Å². The number of hydrogen-bond acceptors (Lipinski definition) is 4. The number of ether oxygens (including phenoxy) is 1. The van der Waals surface area contributed by atoms with Crippen LogP contribution in [0.25, 0.3) is 0 Å². The van der Waals surface area contributed by atoms with Crippen molar-refractivity contribution in [1.29, 1.82) is 0 Å². The molecular formula is C21H27N3O3. The summed E-state index contributed by atoms with van der Waals surface area (Å²) >= 11 is 0. The van der Waals surface area contributed by atoms with Crippen LogP contribution in [0, 0.1) is 0 Å². The summed E-state index contributed by atoms with van der Waals surface area (Å²) in [5.41, 5.74) is 2.10. The molecule has 6 nitrogen and oxygen atoms in total. The van der Waals surface area contributed by atoms with Crippen molar-refractivity contribution in [1.82, 2.24) is 4.90 Å². The summed E-state index contributed by atoms with van der Waals surface area (Å²) in [6.07, 6.45) is 0.765. The molecular weight excluding hydrogens is 342 g/mol. The van der Waals surface area contributed by atoms with Gasteiger partial charge < -0.3 is 19.9 Å². The van der Waals surface area contributed by atoms with Crippen LogP contribution in [0.2, 0.25) is 0 Å². The second-order valence-electron chi connectivity index (χ2n) is 6.42. The summed E-state index contributed by atoms with van der Waals surface area (Å²) in [5, 5.41) is 2.82. The minimum atomic E-state index is -0.259. The lowest BCUT2D eigenvalue weighted by Gasteiger charge is -2.23. The summed E-state index contributed by atoms with van der Waals surface area (Å²) in [4.78, 5) is 28.9. The standard InChI is InChI=1S/C21H27N3O3/c1-5-13-24(21(26)16-9-8-10-17(14-16)23(2)3)15-20(25)22-18-11-6-7-12-19(18)27-4/h6-12,14H,5,13,15H2,1-4H3,(H,22,25). The Balaban J connectivity index is 2.13. The number of methoxy groups -OCH3 is 1. The summed E-state index contributed by atoms with van der Waals surface area (Å²) in [5.74, 6) is 0.165. The van der Waals surface area contributed by atoms with E-state index in [1.54, 1.807) is 30.2 Å². The van der Waals surface area contributed by atoms with Crippen molar-refractivity contribution in [2.45, 2.75) is 13.3 Å². The number of amides is 2. The van der Waals surface area contributed by atoms with E-state index in [0.29, 0.717) is 23.5 Å². The fourth-order valence-electron chi connectivity index (χ4n) is 2.73. The van der Waals surface area contributed by atoms with Gasteiger partial charge in [-0.3, -0.25) is 9.59 Å². The molecule has 1 N–H and O–H groups in total. The first-order valence-corrected chi connectivity index (χ1v) is 8.95. The minimum Gasteiger partial charge on any atom is -0.495 e. The smallest absolute Gasteiger partial charge is 0.254 e. The largest absolute Gasteiger partial charge is 0.495 e. The molecule has 0 saturated heterocycles. The summed E-state index contributed by atoms with van der Waals surface area (Å²) in [6.45, 7) is 2.47. The Labute approximate surface area is 160 Å². The Kier molecular flexibility index (Phi) is 7.23. The number of hydrogen-bond donors (Lipinski definition) is 1. The van der Waals surface area contributed by atoms with Crippen molar-refractivity contribution in [2.75, 3.05) is 44.5 Å². The molecule has 27 heavy (non-hydrogen) atoms. The van der Waals surface area contributed by atoms with Crippen molar-refractivity contribution < 1.29 is 14.3 Å². The Morgan fingerprint density at radius 3 is 2.48 bits per heavy atom. The van der Waals surface area contributed by atoms with E-state index in [0.717, 1.165) is 12.1 Å². The van der Waals surface area contributed by atoms with Crippen LogP contribution < -0.4 is 15.0 Å². The Bertz CT molecular complexity index is 790. The highest BCUT2D eigenvalue weighted by Crippen LogP contribution is 2.23. The molecule has 2 aromatic carbocycles. The molecule has 2 rings (SSSR count). The van der Waals surface area contributed by atoms with Gasteiger partial charge in [-0.25, -0.2) is 0 Å². The second-order valence-corrected chi connectivity index (χ2v) is 6.42. The molecule has 6 heteroatoms. The van der Waals surface area contributed by atoms with Crippen LogP contribution in [-0.4, -0.2) is 51.0 Å². The van der Waals surface area contributed by atoms with E-state index in [4.69, 9.17) is 4.74 Å². The minimum absolute atomic E-state index is 0.0170. The highest BCUT2D eigenvalue weighted by molar-refractivity contribution is 6.00. The van der Waals surface area contributed by atoms with Gasteiger partial charge in [-0.15, -0.1) is 0 Å². The molecule has 0 atom stereocenters. The molecule has 0 aliphatic rings. The van der Waals surface area contributed by atoms with Gasteiger partial charge in [-0.05, 0) is 36.8 Å². The number of benzene rings is 2. The molecule has 144 valence electrons. The maximum Gasteiger partial charge on any atom is 0.254 e. The zero-order valence-electron chi connectivity index (χ0n) is 16.4. The van der Waals surface area contributed by atoms with E-state index in [1.165, 1.54) is 0 Å². The fraction of sp³-hybridized carbons (Fsp3) is 0.333. The van der Waals surface area contributed by atoms with Crippen molar-refractivity contribution in [3.8, 4) is 5.75 Å². The molecule has 0 saturated carbocycles. The number of nitrogens with zero attached hydrogens (tertiary/aromatic N) is 2. The van der Waals surface area contributed by atoms with Crippen LogP contribution in [0.3, 0.4) is 0 Å². The molecule has 0 aromatic heterocycles. The predicted octanol–water partition coefficient (Wildman–Crippen LogP) is 3.25. The highest BCUT2D eigenvalue weighted by Gasteiger charge is 2.19. The lowest BCUT2D eigenvalue weighted by Crippen LogP contribution is -2.38. The van der Waals surface area contributed by atoms with Gasteiger partial charge in [0.25, 0.3) is 5.91 Å². The predicted molar refractivity (Wildman–Crippen MR) is 109 cm³/mol. The van der Waals surface area contributed by atoms with Gasteiger partial charge in [0.1, 0.15) is 12.3 Å². The summed E-state index contributed by atoms with van der Waals surface area (Å²) < 4.78 is 5.25. The van der Waals surface area contributed by atoms with Gasteiger partial charge in [0.05, 0.1) is 12.8 Å². The third-order valence-electron chi connectivity index (χ3n) is 4.11. The van der Waals surface area contributed by atoms with E-state index in [-0.39, 0.29) is 18.4 Å². The summed E-state index contributed by atoms with van der Waals surface area (Å²) in [7, 11) is 5.40. The van der Waals surface area contributed by atoms with Gasteiger partial charge in [0.2, 0.25) is 5.91 Å². The average molecular weight is 369 g/mol. The molecule has 0 unspecified atom stereocenters. The van der Waals surface area contributed by atoms with Crippen molar-refractivity contribution in [3.63, 3.8) is 0 Å². The maximum absolute atomic E-state index is 12.9. The first-order valence-electron chi connectivity index (χ1n) is 8.95. The van der Waals surface area contributed by atoms with Gasteiger partial charge in [-0.2, -0.15) is 0 Å². The van der Waals surface area contributed by atoms with Crippen LogP contribution in [0.15, 0.2) is 48.5 Å². The van der Waals surface area contributed by atoms with Gasteiger partial charge in [-0.1, -0.05) is 25.1 Å². The van der Waals surface area contributed by atoms with E-state index < -0.39 is 0 Å². The second kappa shape index (κ2) is 9.62. The van der Waals surface area contributed by atoms with Crippen LogP contribution in [0.5, 0.6) is 5.75 Å². The Morgan fingerprint density at radius 1 is 1.07 bits per heavy atom. The highest BCUT2D eigenvalue weighted by atomic mass is 16.5. The average Bonchev–Trinajstić information content (AvgIpc) is 2.67. The molecule has 0 radical (unpaired) electrons. The fourth-order valence-corrected chi connectivity index (χ4v) is 2.73. The van der Waals surface area contributed by atoms with E-state index in [9.17, 15) is 9.59 Å². The van der Waals surface area contributed by atoms with Crippen LogP contribution >= 0.6 is 0 Å².